The normalized spacial score (nSPS) is 22.6. The third-order valence-corrected chi connectivity index (χ3v) is 2.08. The molecule has 1 fully saturated rings. The van der Waals surface area contributed by atoms with E-state index in [0.29, 0.717) is 13.1 Å². The quantitative estimate of drug-likeness (QED) is 0.478. The van der Waals surface area contributed by atoms with Crippen LogP contribution in [-0.4, -0.2) is 35.7 Å². The Hall–Kier alpha value is -0.810. The Labute approximate surface area is 84.5 Å². The van der Waals surface area contributed by atoms with E-state index in [1.165, 1.54) is 0 Å². The number of carbonyl (C=O) groups excluding carboxylic acids is 1. The number of likely N-dealkylation sites (tertiary alicyclic amines) is 1. The summed E-state index contributed by atoms with van der Waals surface area (Å²) in [6.45, 7) is 6.92. The number of rotatable bonds is 1. The van der Waals surface area contributed by atoms with Crippen molar-refractivity contribution in [2.75, 3.05) is 13.1 Å². The molecule has 0 aromatic rings. The average Bonchev–Trinajstić information content (AvgIpc) is 2.48. The summed E-state index contributed by atoms with van der Waals surface area (Å²) >= 11 is 0. The molecule has 0 aromatic carbocycles. The first-order valence-corrected chi connectivity index (χ1v) is 4.86. The number of carbonyl (C=O) groups is 1. The highest BCUT2D eigenvalue weighted by Crippen LogP contribution is 2.14. The Morgan fingerprint density at radius 3 is 2.64 bits per heavy atom. The summed E-state index contributed by atoms with van der Waals surface area (Å²) in [7, 11) is 0. The van der Waals surface area contributed by atoms with E-state index in [4.69, 9.17) is 10.6 Å². The SMILES string of the molecule is CC(C)(C)OC(=O)N1CC[C@@H](NN)C1. The average molecular weight is 201 g/mol. The van der Waals surface area contributed by atoms with Crippen LogP contribution in [0.25, 0.3) is 0 Å². The molecule has 5 heteroatoms. The molecule has 0 aliphatic carbocycles. The molecule has 0 bridgehead atoms. The van der Waals surface area contributed by atoms with Gasteiger partial charge in [0.2, 0.25) is 0 Å². The van der Waals surface area contributed by atoms with E-state index in [0.717, 1.165) is 6.42 Å². The molecule has 1 amide bonds. The van der Waals surface area contributed by atoms with Gasteiger partial charge in [-0.1, -0.05) is 0 Å². The largest absolute Gasteiger partial charge is 0.444 e. The van der Waals surface area contributed by atoms with Gasteiger partial charge in [-0.15, -0.1) is 0 Å². The lowest BCUT2D eigenvalue weighted by atomic mass is 10.2. The predicted octanol–water partition coefficient (Wildman–Crippen LogP) is 0.459. The molecular formula is C9H19N3O2. The predicted molar refractivity (Wildman–Crippen MR) is 53.5 cm³/mol. The minimum atomic E-state index is -0.425. The first kappa shape index (κ1) is 11.3. The van der Waals surface area contributed by atoms with E-state index in [2.05, 4.69) is 5.43 Å². The van der Waals surface area contributed by atoms with Crippen molar-refractivity contribution in [3.8, 4) is 0 Å². The van der Waals surface area contributed by atoms with E-state index in [9.17, 15) is 4.79 Å². The van der Waals surface area contributed by atoms with E-state index >= 15 is 0 Å². The number of nitrogens with zero attached hydrogens (tertiary/aromatic N) is 1. The Morgan fingerprint density at radius 2 is 2.21 bits per heavy atom. The molecule has 1 rings (SSSR count). The van der Waals surface area contributed by atoms with Crippen molar-refractivity contribution in [3.05, 3.63) is 0 Å². The van der Waals surface area contributed by atoms with Crippen molar-refractivity contribution in [1.29, 1.82) is 0 Å². The van der Waals surface area contributed by atoms with Gasteiger partial charge in [0.15, 0.2) is 0 Å². The number of hydrazine groups is 1. The van der Waals surface area contributed by atoms with Crippen LogP contribution in [0.1, 0.15) is 27.2 Å². The molecule has 0 radical (unpaired) electrons. The summed E-state index contributed by atoms with van der Waals surface area (Å²) < 4.78 is 5.23. The second kappa shape index (κ2) is 4.14. The lowest BCUT2D eigenvalue weighted by molar-refractivity contribution is 0.0291. The maximum Gasteiger partial charge on any atom is 0.410 e. The van der Waals surface area contributed by atoms with Crippen molar-refractivity contribution in [1.82, 2.24) is 10.3 Å². The number of hydrogen-bond donors (Lipinski definition) is 2. The van der Waals surface area contributed by atoms with Crippen molar-refractivity contribution in [3.63, 3.8) is 0 Å². The van der Waals surface area contributed by atoms with Gasteiger partial charge in [-0.05, 0) is 27.2 Å². The third kappa shape index (κ3) is 3.16. The minimum Gasteiger partial charge on any atom is -0.444 e. The standard InChI is InChI=1S/C9H19N3O2/c1-9(2,3)14-8(13)12-5-4-7(6-12)11-10/h7,11H,4-6,10H2,1-3H3/t7-/m1/s1. The van der Waals surface area contributed by atoms with Crippen LogP contribution in [0.3, 0.4) is 0 Å². The van der Waals surface area contributed by atoms with Crippen LogP contribution in [0, 0.1) is 0 Å². The van der Waals surface area contributed by atoms with Gasteiger partial charge in [0.25, 0.3) is 0 Å². The zero-order chi connectivity index (χ0) is 10.8. The number of hydrogen-bond acceptors (Lipinski definition) is 4. The van der Waals surface area contributed by atoms with Crippen LogP contribution >= 0.6 is 0 Å². The van der Waals surface area contributed by atoms with Gasteiger partial charge in [-0.25, -0.2) is 4.79 Å². The molecule has 1 heterocycles. The Balaban J connectivity index is 2.40. The first-order valence-electron chi connectivity index (χ1n) is 4.86. The van der Waals surface area contributed by atoms with E-state index in [1.54, 1.807) is 4.90 Å². The molecule has 0 saturated carbocycles. The molecule has 3 N–H and O–H groups in total. The Bertz CT molecular complexity index is 213. The minimum absolute atomic E-state index is 0.197. The lowest BCUT2D eigenvalue weighted by Gasteiger charge is -2.24. The number of ether oxygens (including phenoxy) is 1. The summed E-state index contributed by atoms with van der Waals surface area (Å²) in [5.74, 6) is 5.29. The highest BCUT2D eigenvalue weighted by molar-refractivity contribution is 5.68. The molecule has 1 aliphatic rings. The highest BCUT2D eigenvalue weighted by Gasteiger charge is 2.28. The van der Waals surface area contributed by atoms with E-state index in [1.807, 2.05) is 20.8 Å². The van der Waals surface area contributed by atoms with Gasteiger partial charge in [0.1, 0.15) is 5.60 Å². The fourth-order valence-corrected chi connectivity index (χ4v) is 1.39. The van der Waals surface area contributed by atoms with E-state index < -0.39 is 5.60 Å². The van der Waals surface area contributed by atoms with Crippen LogP contribution in [0.15, 0.2) is 0 Å². The van der Waals surface area contributed by atoms with Crippen LogP contribution in [-0.2, 0) is 4.74 Å². The third-order valence-electron chi connectivity index (χ3n) is 2.08. The highest BCUT2D eigenvalue weighted by atomic mass is 16.6. The fraction of sp³-hybridized carbons (Fsp3) is 0.889. The second-order valence-corrected chi connectivity index (χ2v) is 4.58. The van der Waals surface area contributed by atoms with Gasteiger partial charge in [-0.2, -0.15) is 0 Å². The van der Waals surface area contributed by atoms with Crippen molar-refractivity contribution in [2.24, 2.45) is 5.84 Å². The van der Waals surface area contributed by atoms with Crippen LogP contribution in [0.5, 0.6) is 0 Å². The number of nitrogens with one attached hydrogen (secondary N) is 1. The molecule has 0 spiro atoms. The van der Waals surface area contributed by atoms with Crippen LogP contribution in [0.4, 0.5) is 4.79 Å². The second-order valence-electron chi connectivity index (χ2n) is 4.58. The summed E-state index contributed by atoms with van der Waals surface area (Å²) in [5.41, 5.74) is 2.24. The van der Waals surface area contributed by atoms with Gasteiger partial charge in [-0.3, -0.25) is 11.3 Å². The molecule has 1 aliphatic heterocycles. The molecule has 1 saturated heterocycles. The number of amides is 1. The molecule has 0 aromatic heterocycles. The van der Waals surface area contributed by atoms with E-state index in [-0.39, 0.29) is 12.1 Å². The molecular weight excluding hydrogens is 182 g/mol. The molecule has 82 valence electrons. The molecule has 1 atom stereocenters. The zero-order valence-corrected chi connectivity index (χ0v) is 9.04. The molecule has 5 nitrogen and oxygen atoms in total. The zero-order valence-electron chi connectivity index (χ0n) is 9.04. The van der Waals surface area contributed by atoms with Crippen molar-refractivity contribution in [2.45, 2.75) is 38.8 Å². The molecule has 0 unspecified atom stereocenters. The van der Waals surface area contributed by atoms with Crippen molar-refractivity contribution < 1.29 is 9.53 Å². The maximum atomic E-state index is 11.6. The van der Waals surface area contributed by atoms with Crippen molar-refractivity contribution >= 4 is 6.09 Å². The van der Waals surface area contributed by atoms with Gasteiger partial charge < -0.3 is 9.64 Å². The topological polar surface area (TPSA) is 67.6 Å². The first-order chi connectivity index (χ1) is 6.42. The maximum absolute atomic E-state index is 11.6. The molecule has 14 heavy (non-hydrogen) atoms. The van der Waals surface area contributed by atoms with Crippen LogP contribution < -0.4 is 11.3 Å². The Morgan fingerprint density at radius 1 is 1.57 bits per heavy atom. The number of nitrogens with two attached hydrogens (primary N) is 1. The monoisotopic (exact) mass is 201 g/mol. The fourth-order valence-electron chi connectivity index (χ4n) is 1.39. The summed E-state index contributed by atoms with van der Waals surface area (Å²) in [5, 5.41) is 0. The summed E-state index contributed by atoms with van der Waals surface area (Å²) in [6, 6.07) is 0.197. The lowest BCUT2D eigenvalue weighted by Crippen LogP contribution is -2.40. The summed E-state index contributed by atoms with van der Waals surface area (Å²) in [6.07, 6.45) is 0.630. The van der Waals surface area contributed by atoms with Crippen LogP contribution in [0.2, 0.25) is 0 Å². The van der Waals surface area contributed by atoms with Gasteiger partial charge >= 0.3 is 6.09 Å². The van der Waals surface area contributed by atoms with Gasteiger partial charge in [0, 0.05) is 19.1 Å². The smallest absolute Gasteiger partial charge is 0.410 e. The van der Waals surface area contributed by atoms with Gasteiger partial charge in [0.05, 0.1) is 0 Å². The Kier molecular flexibility index (Phi) is 3.34. The summed E-state index contributed by atoms with van der Waals surface area (Å²) in [4.78, 5) is 13.2.